The molecule has 0 saturated carbocycles. The van der Waals surface area contributed by atoms with Gasteiger partial charge in [-0.15, -0.1) is 21.5 Å². The number of rotatable bonds is 8. The van der Waals surface area contributed by atoms with Crippen LogP contribution in [0.3, 0.4) is 0 Å². The summed E-state index contributed by atoms with van der Waals surface area (Å²) in [6.07, 6.45) is 0.906. The maximum Gasteiger partial charge on any atom is 0.336 e. The number of nitrogens with zero attached hydrogens (tertiary/aromatic N) is 5. The van der Waals surface area contributed by atoms with Gasteiger partial charge in [-0.25, -0.2) is 9.93 Å². The standard InChI is InChI=1S/C35H35ClN8O6S2/c1-19-20(2)51-34-30(19)31(22-6-8-25(36)9-7-22)40-28(32-42-41-21(3)44(32)34)18-29(45)43-15-12-23(13-16-43)33(46)39-26-10-11-27(35(47)48)24(17-26)5-4-14-38-52(37,49)50/h6-11,17,23,28,38H,12-16,18H2,1-3H3,(H,39,46)(H,47,48)(H2,37,49,50)/t28-/m0/s1. The Balaban J connectivity index is 1.16. The lowest BCUT2D eigenvalue weighted by molar-refractivity contribution is -0.134. The number of halogens is 1. The summed E-state index contributed by atoms with van der Waals surface area (Å²) in [6, 6.07) is 11.1. The molecule has 0 unspecified atom stereocenters. The Hall–Kier alpha value is -4.92. The zero-order valence-electron chi connectivity index (χ0n) is 28.4. The number of nitrogens with two attached hydrogens (primary N) is 1. The predicted octanol–water partition coefficient (Wildman–Crippen LogP) is 3.91. The van der Waals surface area contributed by atoms with E-state index in [1.54, 1.807) is 16.2 Å². The Kier molecular flexibility index (Phi) is 10.6. The Bertz CT molecular complexity index is 2280. The molecule has 1 saturated heterocycles. The first-order valence-corrected chi connectivity index (χ1v) is 19.0. The molecular weight excluding hydrogens is 728 g/mol. The number of nitrogens with one attached hydrogen (secondary N) is 2. The molecule has 1 fully saturated rings. The van der Waals surface area contributed by atoms with Crippen LogP contribution in [0.1, 0.15) is 74.4 Å². The van der Waals surface area contributed by atoms with Crippen LogP contribution in [0.5, 0.6) is 0 Å². The van der Waals surface area contributed by atoms with Crippen molar-refractivity contribution in [3.63, 3.8) is 0 Å². The number of aryl methyl sites for hydroxylation is 2. The number of anilines is 1. The molecule has 0 radical (unpaired) electrons. The molecule has 0 spiro atoms. The lowest BCUT2D eigenvalue weighted by Gasteiger charge is -2.32. The molecule has 14 nitrogen and oxygen atoms in total. The van der Waals surface area contributed by atoms with Crippen LogP contribution in [0.15, 0.2) is 47.5 Å². The molecule has 2 amide bonds. The number of aromatic carboxylic acids is 1. The van der Waals surface area contributed by atoms with Gasteiger partial charge in [0.2, 0.25) is 11.8 Å². The number of likely N-dealkylation sites (tertiary alicyclic amines) is 1. The van der Waals surface area contributed by atoms with E-state index in [9.17, 15) is 27.9 Å². The maximum atomic E-state index is 13.8. The van der Waals surface area contributed by atoms with E-state index in [1.165, 1.54) is 18.2 Å². The van der Waals surface area contributed by atoms with Gasteiger partial charge in [-0.1, -0.05) is 35.6 Å². The van der Waals surface area contributed by atoms with Crippen LogP contribution in [0.4, 0.5) is 5.69 Å². The van der Waals surface area contributed by atoms with Crippen LogP contribution in [0.2, 0.25) is 5.02 Å². The molecule has 2 aliphatic rings. The third kappa shape index (κ3) is 7.93. The molecule has 5 N–H and O–H groups in total. The molecule has 0 bridgehead atoms. The van der Waals surface area contributed by atoms with E-state index >= 15 is 0 Å². The molecular formula is C35H35ClN8O6S2. The van der Waals surface area contributed by atoms with Crippen molar-refractivity contribution in [2.75, 3.05) is 25.0 Å². The number of aromatic nitrogens is 3. The first-order valence-electron chi connectivity index (χ1n) is 16.3. The topological polar surface area (TPSA) is 202 Å². The molecule has 2 aromatic heterocycles. The molecule has 4 aromatic rings. The van der Waals surface area contributed by atoms with Crippen LogP contribution in [0, 0.1) is 38.5 Å². The third-order valence-electron chi connectivity index (χ3n) is 9.05. The summed E-state index contributed by atoms with van der Waals surface area (Å²) in [5.74, 6) is 4.41. The summed E-state index contributed by atoms with van der Waals surface area (Å²) >= 11 is 7.86. The number of hydrogen-bond acceptors (Lipinski definition) is 9. The van der Waals surface area contributed by atoms with Gasteiger partial charge in [0.05, 0.1) is 24.2 Å². The highest BCUT2D eigenvalue weighted by Crippen LogP contribution is 2.40. The van der Waals surface area contributed by atoms with Crippen LogP contribution < -0.4 is 15.2 Å². The lowest BCUT2D eigenvalue weighted by atomic mass is 9.95. The van der Waals surface area contributed by atoms with Crippen LogP contribution in [0.25, 0.3) is 5.00 Å². The summed E-state index contributed by atoms with van der Waals surface area (Å²) in [4.78, 5) is 46.9. The zero-order valence-corrected chi connectivity index (χ0v) is 30.8. The summed E-state index contributed by atoms with van der Waals surface area (Å²) in [7, 11) is -3.96. The number of carbonyl (C=O) groups is 3. The van der Waals surface area contributed by atoms with Gasteiger partial charge in [-0.3, -0.25) is 19.1 Å². The number of aliphatic imine (C=N–C) groups is 1. The highest BCUT2D eigenvalue weighted by molar-refractivity contribution is 7.87. The van der Waals surface area contributed by atoms with E-state index in [0.29, 0.717) is 48.3 Å². The van der Waals surface area contributed by atoms with Crippen LogP contribution >= 0.6 is 22.9 Å². The number of thiophene rings is 1. The molecule has 1 atom stereocenters. The smallest absolute Gasteiger partial charge is 0.336 e. The summed E-state index contributed by atoms with van der Waals surface area (Å²) < 4.78 is 26.2. The normalized spacial score (nSPS) is 15.8. The van der Waals surface area contributed by atoms with Gasteiger partial charge in [-0.05, 0) is 69.5 Å². The number of piperidine rings is 1. The third-order valence-corrected chi connectivity index (χ3v) is 11.0. The number of amides is 2. The van der Waals surface area contributed by atoms with Gasteiger partial charge in [0, 0.05) is 51.3 Å². The van der Waals surface area contributed by atoms with E-state index in [-0.39, 0.29) is 35.9 Å². The Morgan fingerprint density at radius 1 is 1.08 bits per heavy atom. The SMILES string of the molecule is Cc1sc2c(c1C)C(c1ccc(Cl)cc1)=N[C@@H](CC(=O)N1CCC(C(=O)Nc3ccc(C(=O)O)c(C#CCNS(N)(=O)=O)c3)CC1)c1nnc(C)n1-2. The second-order valence-electron chi connectivity index (χ2n) is 12.5. The number of fused-ring (bicyclic) bond motifs is 3. The van der Waals surface area contributed by atoms with Crippen molar-refractivity contribution in [2.45, 2.75) is 46.1 Å². The number of carboxylic acid groups (broad SMARTS) is 1. The minimum Gasteiger partial charge on any atom is -0.478 e. The second kappa shape index (κ2) is 15.0. The van der Waals surface area contributed by atoms with Crippen molar-refractivity contribution in [3.05, 3.63) is 91.8 Å². The average molecular weight is 763 g/mol. The molecule has 17 heteroatoms. The van der Waals surface area contributed by atoms with E-state index in [1.807, 2.05) is 40.5 Å². The van der Waals surface area contributed by atoms with Crippen molar-refractivity contribution in [1.29, 1.82) is 0 Å². The van der Waals surface area contributed by atoms with Gasteiger partial charge in [0.25, 0.3) is 10.2 Å². The van der Waals surface area contributed by atoms with Crippen LogP contribution in [-0.2, 0) is 19.8 Å². The van der Waals surface area contributed by atoms with Gasteiger partial charge in [-0.2, -0.15) is 13.1 Å². The maximum absolute atomic E-state index is 13.8. The monoisotopic (exact) mass is 762 g/mol. The lowest BCUT2D eigenvalue weighted by Crippen LogP contribution is -2.41. The minimum atomic E-state index is -3.96. The molecule has 6 rings (SSSR count). The molecule has 270 valence electrons. The van der Waals surface area contributed by atoms with Crippen molar-refractivity contribution in [2.24, 2.45) is 16.0 Å². The van der Waals surface area contributed by atoms with Crippen LogP contribution in [-0.4, -0.2) is 76.3 Å². The van der Waals surface area contributed by atoms with Gasteiger partial charge >= 0.3 is 5.97 Å². The fraction of sp³-hybridized carbons (Fsp3) is 0.314. The predicted molar refractivity (Wildman–Crippen MR) is 197 cm³/mol. The number of hydrogen-bond donors (Lipinski definition) is 4. The molecule has 2 aliphatic heterocycles. The van der Waals surface area contributed by atoms with Crippen molar-refractivity contribution in [1.82, 2.24) is 24.4 Å². The quantitative estimate of drug-likeness (QED) is 0.194. The fourth-order valence-corrected chi connectivity index (χ4v) is 7.86. The van der Waals surface area contributed by atoms with Crippen molar-refractivity contribution < 1.29 is 27.9 Å². The molecule has 0 aliphatic carbocycles. The van der Waals surface area contributed by atoms with E-state index in [0.717, 1.165) is 32.3 Å². The summed E-state index contributed by atoms with van der Waals surface area (Å²) in [5, 5.41) is 27.7. The second-order valence-corrected chi connectivity index (χ2v) is 15.5. The minimum absolute atomic E-state index is 0.0610. The largest absolute Gasteiger partial charge is 0.478 e. The number of carboxylic acids is 1. The number of carbonyl (C=O) groups excluding carboxylic acids is 2. The van der Waals surface area contributed by atoms with E-state index < -0.39 is 28.1 Å². The fourth-order valence-electron chi connectivity index (χ4n) is 6.25. The Labute approximate surface area is 309 Å². The van der Waals surface area contributed by atoms with E-state index in [4.69, 9.17) is 21.7 Å². The zero-order chi connectivity index (χ0) is 37.3. The van der Waals surface area contributed by atoms with Gasteiger partial charge in [0.15, 0.2) is 5.82 Å². The highest BCUT2D eigenvalue weighted by Gasteiger charge is 2.34. The van der Waals surface area contributed by atoms with E-state index in [2.05, 4.69) is 41.2 Å². The van der Waals surface area contributed by atoms with Gasteiger partial charge < -0.3 is 15.3 Å². The average Bonchev–Trinajstić information content (AvgIpc) is 3.58. The molecule has 52 heavy (non-hydrogen) atoms. The van der Waals surface area contributed by atoms with Gasteiger partial charge in [0.1, 0.15) is 16.9 Å². The van der Waals surface area contributed by atoms with Crippen molar-refractivity contribution >= 4 is 62.3 Å². The van der Waals surface area contributed by atoms with Crippen molar-refractivity contribution in [3.8, 4) is 16.8 Å². The summed E-state index contributed by atoms with van der Waals surface area (Å²) in [5.41, 5.74) is 4.03. The molecule has 4 heterocycles. The Morgan fingerprint density at radius 3 is 2.46 bits per heavy atom. The first-order chi connectivity index (χ1) is 24.7. The summed E-state index contributed by atoms with van der Waals surface area (Å²) in [6.45, 7) is 6.42. The number of benzene rings is 2. The first kappa shape index (κ1) is 36.9. The highest BCUT2D eigenvalue weighted by atomic mass is 35.5. The molecule has 2 aromatic carbocycles. The Morgan fingerprint density at radius 2 is 1.79 bits per heavy atom.